The van der Waals surface area contributed by atoms with Crippen molar-refractivity contribution < 1.29 is 13.9 Å². The summed E-state index contributed by atoms with van der Waals surface area (Å²) in [4.78, 5) is 0. The third-order valence-corrected chi connectivity index (χ3v) is 3.99. The van der Waals surface area contributed by atoms with Crippen LogP contribution in [-0.4, -0.2) is 23.8 Å². The molecule has 1 unspecified atom stereocenters. The Hall–Kier alpha value is -2.08. The van der Waals surface area contributed by atoms with Gasteiger partial charge < -0.3 is 16.2 Å². The van der Waals surface area contributed by atoms with Gasteiger partial charge in [0.25, 0.3) is 0 Å². The van der Waals surface area contributed by atoms with Crippen LogP contribution >= 0.6 is 0 Å². The summed E-state index contributed by atoms with van der Waals surface area (Å²) < 4.78 is 26.4. The Morgan fingerprint density at radius 2 is 1.84 bits per heavy atom. The molecule has 0 aromatic heterocycles. The van der Waals surface area contributed by atoms with E-state index in [0.717, 1.165) is 22.8 Å². The molecule has 0 aliphatic rings. The molecule has 0 heterocycles. The van der Waals surface area contributed by atoms with Crippen LogP contribution < -0.4 is 11.1 Å². The second-order valence-electron chi connectivity index (χ2n) is 6.32. The number of nitrogens with one attached hydrogen (secondary N) is 1. The highest BCUT2D eigenvalue weighted by Gasteiger charge is 2.16. The number of hydrogen-bond donors (Lipinski definition) is 3. The van der Waals surface area contributed by atoms with Gasteiger partial charge in [0.15, 0.2) is 0 Å². The lowest BCUT2D eigenvalue weighted by molar-refractivity contribution is 0.141. The minimum absolute atomic E-state index is 0.197. The lowest BCUT2D eigenvalue weighted by Gasteiger charge is -2.19. The van der Waals surface area contributed by atoms with E-state index < -0.39 is 23.8 Å². The molecule has 2 aromatic carbocycles. The highest BCUT2D eigenvalue weighted by atomic mass is 19.1. The van der Waals surface area contributed by atoms with Crippen LogP contribution in [-0.2, 0) is 13.0 Å². The van der Waals surface area contributed by atoms with Crippen molar-refractivity contribution in [3.63, 3.8) is 0 Å². The maximum absolute atomic E-state index is 13.2. The van der Waals surface area contributed by atoms with Crippen molar-refractivity contribution in [3.05, 3.63) is 77.4 Å². The van der Waals surface area contributed by atoms with Crippen molar-refractivity contribution in [2.45, 2.75) is 32.0 Å². The Balaban J connectivity index is 1.84. The van der Waals surface area contributed by atoms with Crippen LogP contribution in [0.1, 0.15) is 23.6 Å². The van der Waals surface area contributed by atoms with Gasteiger partial charge in [0.2, 0.25) is 0 Å². The van der Waals surface area contributed by atoms with Crippen molar-refractivity contribution in [3.8, 4) is 0 Å². The number of aliphatic hydroxyl groups is 1. The molecular weight excluding hydrogens is 322 g/mol. The van der Waals surface area contributed by atoms with Gasteiger partial charge in [-0.1, -0.05) is 36.4 Å². The summed E-state index contributed by atoms with van der Waals surface area (Å²) in [6, 6.07) is 10.6. The lowest BCUT2D eigenvalue weighted by atomic mass is 10.0. The highest BCUT2D eigenvalue weighted by Crippen LogP contribution is 2.13. The molecule has 0 radical (unpaired) electrons. The average Bonchev–Trinajstić information content (AvgIpc) is 2.54. The predicted molar refractivity (Wildman–Crippen MR) is 96.9 cm³/mol. The molecule has 0 amide bonds. The molecule has 0 saturated carbocycles. The summed E-state index contributed by atoms with van der Waals surface area (Å²) in [5.74, 6) is -1.29. The Kier molecular flexibility index (Phi) is 6.82. The van der Waals surface area contributed by atoms with Gasteiger partial charge in [-0.15, -0.1) is 0 Å². The fraction of sp³-hybridized carbons (Fsp3) is 0.300. The normalized spacial score (nSPS) is 13.5. The molecule has 0 aliphatic heterocycles. The van der Waals surface area contributed by atoms with E-state index in [2.05, 4.69) is 11.9 Å². The molecule has 2 atom stereocenters. The Labute approximate surface area is 147 Å². The number of rotatable bonds is 8. The summed E-state index contributed by atoms with van der Waals surface area (Å²) >= 11 is 0. The Morgan fingerprint density at radius 3 is 2.48 bits per heavy atom. The van der Waals surface area contributed by atoms with Gasteiger partial charge in [-0.3, -0.25) is 0 Å². The van der Waals surface area contributed by atoms with Crippen molar-refractivity contribution in [2.75, 3.05) is 6.54 Å². The predicted octanol–water partition coefficient (Wildman–Crippen LogP) is 3.02. The van der Waals surface area contributed by atoms with Crippen LogP contribution in [0.3, 0.4) is 0 Å². The Bertz CT molecular complexity index is 713. The summed E-state index contributed by atoms with van der Waals surface area (Å²) in [6.45, 7) is 6.74. The van der Waals surface area contributed by atoms with Gasteiger partial charge in [-0.05, 0) is 42.2 Å². The first-order valence-electron chi connectivity index (χ1n) is 8.19. The summed E-state index contributed by atoms with van der Waals surface area (Å²) in [6.07, 6.45) is -0.626. The van der Waals surface area contributed by atoms with Gasteiger partial charge in [0.1, 0.15) is 11.6 Å². The van der Waals surface area contributed by atoms with E-state index in [-0.39, 0.29) is 13.0 Å². The molecule has 0 fully saturated rings. The van der Waals surface area contributed by atoms with Crippen LogP contribution in [0.15, 0.2) is 49.0 Å². The third kappa shape index (κ3) is 6.05. The molecule has 0 saturated heterocycles. The van der Waals surface area contributed by atoms with Crippen LogP contribution in [0.5, 0.6) is 0 Å². The molecule has 0 spiro atoms. The third-order valence-electron chi connectivity index (χ3n) is 3.99. The van der Waals surface area contributed by atoms with E-state index in [9.17, 15) is 13.9 Å². The van der Waals surface area contributed by atoms with Crippen LogP contribution in [0.2, 0.25) is 0 Å². The van der Waals surface area contributed by atoms with Gasteiger partial charge in [0.05, 0.1) is 6.10 Å². The number of halogens is 2. The SMILES string of the molecule is C=C(C)c1cccc(CNC[C@@H](O)C(N)Cc2cc(F)cc(F)c2)c1. The Morgan fingerprint density at radius 1 is 1.16 bits per heavy atom. The fourth-order valence-electron chi connectivity index (χ4n) is 2.60. The van der Waals surface area contributed by atoms with Crippen LogP contribution in [0.25, 0.3) is 5.57 Å². The van der Waals surface area contributed by atoms with Gasteiger partial charge >= 0.3 is 0 Å². The van der Waals surface area contributed by atoms with E-state index in [1.54, 1.807) is 0 Å². The average molecular weight is 346 g/mol. The smallest absolute Gasteiger partial charge is 0.126 e. The van der Waals surface area contributed by atoms with Crippen LogP contribution in [0.4, 0.5) is 8.78 Å². The lowest BCUT2D eigenvalue weighted by Crippen LogP contribution is -2.43. The maximum atomic E-state index is 13.2. The second-order valence-corrected chi connectivity index (χ2v) is 6.32. The zero-order valence-corrected chi connectivity index (χ0v) is 14.3. The van der Waals surface area contributed by atoms with E-state index in [1.807, 2.05) is 31.2 Å². The summed E-state index contributed by atoms with van der Waals surface area (Å²) in [5.41, 5.74) is 9.52. The molecule has 5 heteroatoms. The molecule has 4 N–H and O–H groups in total. The van der Waals surface area contributed by atoms with Crippen molar-refractivity contribution >= 4 is 5.57 Å². The maximum Gasteiger partial charge on any atom is 0.126 e. The highest BCUT2D eigenvalue weighted by molar-refractivity contribution is 5.61. The van der Waals surface area contributed by atoms with Crippen LogP contribution in [0, 0.1) is 11.6 Å². The van der Waals surface area contributed by atoms with E-state index in [1.165, 1.54) is 12.1 Å². The molecule has 134 valence electrons. The largest absolute Gasteiger partial charge is 0.390 e. The molecule has 0 aliphatic carbocycles. The van der Waals surface area contributed by atoms with E-state index in [4.69, 9.17) is 5.73 Å². The molecule has 2 aromatic rings. The zero-order valence-electron chi connectivity index (χ0n) is 14.3. The minimum Gasteiger partial charge on any atom is -0.390 e. The number of benzene rings is 2. The number of allylic oxidation sites excluding steroid dienone is 1. The summed E-state index contributed by atoms with van der Waals surface area (Å²) in [5, 5.41) is 13.3. The van der Waals surface area contributed by atoms with Gasteiger partial charge in [0, 0.05) is 25.2 Å². The molecule has 3 nitrogen and oxygen atoms in total. The minimum atomic E-state index is -0.823. The molecule has 0 bridgehead atoms. The first-order valence-corrected chi connectivity index (χ1v) is 8.19. The monoisotopic (exact) mass is 346 g/mol. The molecule has 25 heavy (non-hydrogen) atoms. The second kappa shape index (κ2) is 8.85. The van der Waals surface area contributed by atoms with E-state index >= 15 is 0 Å². The molecular formula is C20H24F2N2O. The molecule has 2 rings (SSSR count). The number of aliphatic hydroxyl groups excluding tert-OH is 1. The zero-order chi connectivity index (χ0) is 18.4. The first kappa shape index (κ1) is 19.2. The first-order chi connectivity index (χ1) is 11.8. The van der Waals surface area contributed by atoms with Gasteiger partial charge in [-0.25, -0.2) is 8.78 Å². The number of hydrogen-bond acceptors (Lipinski definition) is 3. The quantitative estimate of drug-likeness (QED) is 0.689. The standard InChI is InChI=1S/C20H24F2N2O/c1-13(2)16-5-3-4-14(6-16)11-24-12-20(25)19(23)9-15-7-17(21)10-18(22)8-15/h3-8,10,19-20,24-25H,1,9,11-12,23H2,2H3/t19?,20-/m1/s1. The van der Waals surface area contributed by atoms with Crippen molar-refractivity contribution in [2.24, 2.45) is 5.73 Å². The summed E-state index contributed by atoms with van der Waals surface area (Å²) in [7, 11) is 0. The number of nitrogens with two attached hydrogens (primary N) is 1. The topological polar surface area (TPSA) is 58.3 Å². The van der Waals surface area contributed by atoms with E-state index in [0.29, 0.717) is 12.1 Å². The van der Waals surface area contributed by atoms with Crippen molar-refractivity contribution in [1.82, 2.24) is 5.32 Å². The fourth-order valence-corrected chi connectivity index (χ4v) is 2.60. The van der Waals surface area contributed by atoms with Crippen molar-refractivity contribution in [1.29, 1.82) is 0 Å². The van der Waals surface area contributed by atoms with Gasteiger partial charge in [-0.2, -0.15) is 0 Å².